The predicted octanol–water partition coefficient (Wildman–Crippen LogP) is 7.12. The number of rotatable bonds is 6. The molecule has 1 N–H and O–H groups in total. The molecular weight excluding hydrogens is 541 g/mol. The first-order valence-electron chi connectivity index (χ1n) is 12.1. The van der Waals surface area contributed by atoms with E-state index in [1.807, 2.05) is 24.3 Å². The molecule has 0 saturated heterocycles. The van der Waals surface area contributed by atoms with Gasteiger partial charge >= 0.3 is 5.97 Å². The maximum absolute atomic E-state index is 13.5. The maximum Gasteiger partial charge on any atom is 0.339 e. The van der Waals surface area contributed by atoms with Crippen LogP contribution >= 0.6 is 23.2 Å². The fourth-order valence-corrected chi connectivity index (χ4v) is 4.87. The third-order valence-corrected chi connectivity index (χ3v) is 7.18. The van der Waals surface area contributed by atoms with Gasteiger partial charge in [0.05, 0.1) is 31.7 Å². The molecule has 1 aliphatic carbocycles. The number of nitro groups is 1. The number of nitrogens with zero attached hydrogens (tertiary/aromatic N) is 2. The van der Waals surface area contributed by atoms with Gasteiger partial charge in [0.1, 0.15) is 5.69 Å². The first-order valence-corrected chi connectivity index (χ1v) is 12.8. The lowest BCUT2D eigenvalue weighted by molar-refractivity contribution is -0.383. The van der Waals surface area contributed by atoms with Crippen molar-refractivity contribution in [3.8, 4) is 0 Å². The van der Waals surface area contributed by atoms with Crippen LogP contribution in [0.4, 0.5) is 11.4 Å². The lowest BCUT2D eigenvalue weighted by Crippen LogP contribution is -2.30. The van der Waals surface area contributed by atoms with E-state index in [-0.39, 0.29) is 11.4 Å². The highest BCUT2D eigenvalue weighted by Crippen LogP contribution is 2.38. The second-order valence-electron chi connectivity index (χ2n) is 8.99. The predicted molar refractivity (Wildman–Crippen MR) is 151 cm³/mol. The number of carbonyl (C=O) groups excluding carboxylic acids is 2. The Kier molecular flexibility index (Phi) is 7.32. The molecule has 0 bridgehead atoms. The number of para-hydroxylation sites is 3. The lowest BCUT2D eigenvalue weighted by atomic mass is 10.0. The summed E-state index contributed by atoms with van der Waals surface area (Å²) in [5.74, 6) is -1.36. The SMILES string of the molecule is C[C@H](OC(=O)c1c2c(nc3ccccc13)/C(=C/c1ccc(Cl)c(Cl)c1)CC2)C(=O)Nc1ccccc1[N+](=O)[O-]. The number of esters is 1. The number of hydrogen-bond donors (Lipinski definition) is 1. The van der Waals surface area contributed by atoms with E-state index in [2.05, 4.69) is 5.32 Å². The number of anilines is 1. The number of ether oxygens (including phenoxy) is 1. The molecule has 1 atom stereocenters. The number of pyridine rings is 1. The zero-order chi connectivity index (χ0) is 27.7. The first kappa shape index (κ1) is 26.3. The van der Waals surface area contributed by atoms with Gasteiger partial charge in [-0.25, -0.2) is 9.78 Å². The van der Waals surface area contributed by atoms with Crippen LogP contribution in [-0.4, -0.2) is 27.9 Å². The Hall–Kier alpha value is -4.27. The molecule has 3 aromatic carbocycles. The second kappa shape index (κ2) is 10.8. The largest absolute Gasteiger partial charge is 0.449 e. The number of aromatic nitrogens is 1. The van der Waals surface area contributed by atoms with Crippen molar-refractivity contribution in [1.82, 2.24) is 4.98 Å². The minimum Gasteiger partial charge on any atom is -0.449 e. The topological polar surface area (TPSA) is 111 Å². The number of amides is 1. The van der Waals surface area contributed by atoms with Gasteiger partial charge in [0.15, 0.2) is 6.10 Å². The Bertz CT molecular complexity index is 1690. The summed E-state index contributed by atoms with van der Waals surface area (Å²) in [7, 11) is 0. The molecule has 1 heterocycles. The van der Waals surface area contributed by atoms with Crippen molar-refractivity contribution in [2.45, 2.75) is 25.9 Å². The molecule has 0 spiro atoms. The van der Waals surface area contributed by atoms with Crippen LogP contribution in [0.5, 0.6) is 0 Å². The third kappa shape index (κ3) is 5.34. The average Bonchev–Trinajstić information content (AvgIpc) is 3.31. The van der Waals surface area contributed by atoms with Gasteiger partial charge in [-0.2, -0.15) is 0 Å². The highest BCUT2D eigenvalue weighted by molar-refractivity contribution is 6.42. The standard InChI is InChI=1S/C29H21Cl2N3O5/c1-16(28(35)33-24-8-4-5-9-25(24)34(37)38)39-29(36)26-19-6-2-3-7-23(19)32-27-18(11-12-20(26)27)14-17-10-13-21(30)22(31)15-17/h2-10,13-16H,11-12H2,1H3,(H,33,35)/b18-14+/t16-/m0/s1. The molecular formula is C29H21Cl2N3O5. The summed E-state index contributed by atoms with van der Waals surface area (Å²) in [6.07, 6.45) is 1.95. The number of hydrogen-bond acceptors (Lipinski definition) is 6. The zero-order valence-corrected chi connectivity index (χ0v) is 22.1. The summed E-state index contributed by atoms with van der Waals surface area (Å²) in [5, 5.41) is 15.3. The van der Waals surface area contributed by atoms with E-state index in [4.69, 9.17) is 32.9 Å². The van der Waals surface area contributed by atoms with Crippen LogP contribution in [0.25, 0.3) is 22.6 Å². The number of halogens is 2. The fourth-order valence-electron chi connectivity index (χ4n) is 4.56. The van der Waals surface area contributed by atoms with E-state index in [0.29, 0.717) is 45.0 Å². The summed E-state index contributed by atoms with van der Waals surface area (Å²) in [6.45, 7) is 1.42. The number of carbonyl (C=O) groups is 2. The van der Waals surface area contributed by atoms with Gasteiger partial charge in [0.2, 0.25) is 0 Å². The van der Waals surface area contributed by atoms with E-state index in [0.717, 1.165) is 16.7 Å². The van der Waals surface area contributed by atoms with Crippen molar-refractivity contribution < 1.29 is 19.2 Å². The minimum absolute atomic E-state index is 0.0164. The Morgan fingerprint density at radius 3 is 2.56 bits per heavy atom. The molecule has 196 valence electrons. The molecule has 10 heteroatoms. The smallest absolute Gasteiger partial charge is 0.339 e. The highest BCUT2D eigenvalue weighted by Gasteiger charge is 2.30. The second-order valence-corrected chi connectivity index (χ2v) is 9.80. The Balaban J connectivity index is 1.46. The monoisotopic (exact) mass is 561 g/mol. The third-order valence-electron chi connectivity index (χ3n) is 6.44. The molecule has 0 aliphatic heterocycles. The number of fused-ring (bicyclic) bond motifs is 2. The zero-order valence-electron chi connectivity index (χ0n) is 20.6. The van der Waals surface area contributed by atoms with Gasteiger partial charge in [-0.1, -0.05) is 59.6 Å². The van der Waals surface area contributed by atoms with Crippen LogP contribution < -0.4 is 5.32 Å². The fraction of sp³-hybridized carbons (Fsp3) is 0.138. The maximum atomic E-state index is 13.5. The molecule has 4 aromatic rings. The van der Waals surface area contributed by atoms with E-state index in [9.17, 15) is 19.7 Å². The van der Waals surface area contributed by atoms with Gasteiger partial charge in [0, 0.05) is 11.5 Å². The molecule has 0 fully saturated rings. The number of nitro benzene ring substituents is 1. The van der Waals surface area contributed by atoms with Gasteiger partial charge in [0.25, 0.3) is 11.6 Å². The Morgan fingerprint density at radius 1 is 1.05 bits per heavy atom. The summed E-state index contributed by atoms with van der Waals surface area (Å²) < 4.78 is 5.59. The van der Waals surface area contributed by atoms with Crippen molar-refractivity contribution in [1.29, 1.82) is 0 Å². The minimum atomic E-state index is -1.22. The molecule has 5 rings (SSSR count). The molecule has 0 radical (unpaired) electrons. The van der Waals surface area contributed by atoms with Gasteiger partial charge in [-0.15, -0.1) is 0 Å². The highest BCUT2D eigenvalue weighted by atomic mass is 35.5. The lowest BCUT2D eigenvalue weighted by Gasteiger charge is -2.16. The summed E-state index contributed by atoms with van der Waals surface area (Å²) >= 11 is 12.2. The van der Waals surface area contributed by atoms with Crippen molar-refractivity contribution in [2.24, 2.45) is 0 Å². The van der Waals surface area contributed by atoms with Crippen LogP contribution in [0.2, 0.25) is 10.0 Å². The number of allylic oxidation sites excluding steroid dienone is 1. The van der Waals surface area contributed by atoms with Crippen LogP contribution in [0.15, 0.2) is 66.7 Å². The van der Waals surface area contributed by atoms with Crippen molar-refractivity contribution in [3.05, 3.63) is 109 Å². The Labute approximate surface area is 233 Å². The van der Waals surface area contributed by atoms with E-state index < -0.39 is 22.9 Å². The van der Waals surface area contributed by atoms with Crippen LogP contribution in [0, 0.1) is 10.1 Å². The normalized spacial score (nSPS) is 14.2. The summed E-state index contributed by atoms with van der Waals surface area (Å²) in [4.78, 5) is 41.9. The van der Waals surface area contributed by atoms with Gasteiger partial charge in [-0.3, -0.25) is 14.9 Å². The molecule has 1 aliphatic rings. The van der Waals surface area contributed by atoms with Crippen molar-refractivity contribution in [3.63, 3.8) is 0 Å². The summed E-state index contributed by atoms with van der Waals surface area (Å²) in [5.41, 5.74) is 3.92. The molecule has 0 saturated carbocycles. The quantitative estimate of drug-likeness (QED) is 0.152. The van der Waals surface area contributed by atoms with Gasteiger partial charge in [-0.05, 0) is 66.8 Å². The van der Waals surface area contributed by atoms with Crippen molar-refractivity contribution in [2.75, 3.05) is 5.32 Å². The first-order chi connectivity index (χ1) is 18.7. The molecule has 1 amide bonds. The van der Waals surface area contributed by atoms with Crippen LogP contribution in [-0.2, 0) is 16.0 Å². The van der Waals surface area contributed by atoms with Crippen LogP contribution in [0.1, 0.15) is 40.5 Å². The number of nitrogens with one attached hydrogen (secondary N) is 1. The number of benzene rings is 3. The Morgan fingerprint density at radius 2 is 1.79 bits per heavy atom. The van der Waals surface area contributed by atoms with Crippen molar-refractivity contribution >= 4 is 69.0 Å². The summed E-state index contributed by atoms with van der Waals surface area (Å²) in [6, 6.07) is 18.3. The molecule has 39 heavy (non-hydrogen) atoms. The molecule has 0 unspecified atom stereocenters. The molecule has 8 nitrogen and oxygen atoms in total. The van der Waals surface area contributed by atoms with Gasteiger partial charge < -0.3 is 10.1 Å². The van der Waals surface area contributed by atoms with E-state index >= 15 is 0 Å². The average molecular weight is 562 g/mol. The van der Waals surface area contributed by atoms with Crippen LogP contribution in [0.3, 0.4) is 0 Å². The molecule has 1 aromatic heterocycles. The van der Waals surface area contributed by atoms with E-state index in [1.165, 1.54) is 25.1 Å². The van der Waals surface area contributed by atoms with E-state index in [1.54, 1.807) is 30.3 Å².